The first-order valence-electron chi connectivity index (χ1n) is 7.70. The zero-order valence-corrected chi connectivity index (χ0v) is 15.6. The van der Waals surface area contributed by atoms with Gasteiger partial charge in [0.15, 0.2) is 0 Å². The van der Waals surface area contributed by atoms with Crippen molar-refractivity contribution in [3.05, 3.63) is 53.6 Å². The molecule has 0 heterocycles. The molecule has 0 unspecified atom stereocenters. The Bertz CT molecular complexity index is 878. The van der Waals surface area contributed by atoms with E-state index in [0.29, 0.717) is 17.1 Å². The van der Waals surface area contributed by atoms with Crippen LogP contribution in [0.1, 0.15) is 11.1 Å². The molecular formula is C18H22N2O4S. The minimum Gasteiger partial charge on any atom is -0.495 e. The number of rotatable bonds is 6. The summed E-state index contributed by atoms with van der Waals surface area (Å²) in [4.78, 5) is 12.4. The zero-order chi connectivity index (χ0) is 18.6. The zero-order valence-electron chi connectivity index (χ0n) is 14.7. The highest BCUT2D eigenvalue weighted by Crippen LogP contribution is 2.25. The number of nitrogens with one attached hydrogen (secondary N) is 1. The second-order valence-electron chi connectivity index (χ2n) is 5.81. The molecule has 1 amide bonds. The van der Waals surface area contributed by atoms with Gasteiger partial charge in [-0.15, -0.1) is 0 Å². The lowest BCUT2D eigenvalue weighted by atomic mass is 10.1. The summed E-state index contributed by atoms with van der Waals surface area (Å²) >= 11 is 0. The number of sulfonamides is 1. The Hall–Kier alpha value is -2.54. The van der Waals surface area contributed by atoms with Crippen LogP contribution in [0, 0.1) is 13.8 Å². The fraction of sp³-hybridized carbons (Fsp3) is 0.278. The molecule has 0 saturated carbocycles. The van der Waals surface area contributed by atoms with E-state index in [-0.39, 0.29) is 6.54 Å². The molecule has 0 aliphatic carbocycles. The van der Waals surface area contributed by atoms with Gasteiger partial charge in [0.2, 0.25) is 15.9 Å². The number of aryl methyl sites for hydroxylation is 2. The summed E-state index contributed by atoms with van der Waals surface area (Å²) < 4.78 is 30.7. The van der Waals surface area contributed by atoms with Crippen molar-refractivity contribution in [3.8, 4) is 5.75 Å². The lowest BCUT2D eigenvalue weighted by molar-refractivity contribution is -0.114. The Kier molecular flexibility index (Phi) is 5.69. The first kappa shape index (κ1) is 18.8. The van der Waals surface area contributed by atoms with Crippen LogP contribution in [0.3, 0.4) is 0 Å². The van der Waals surface area contributed by atoms with E-state index in [1.165, 1.54) is 7.11 Å². The van der Waals surface area contributed by atoms with Crippen molar-refractivity contribution in [2.75, 3.05) is 29.5 Å². The van der Waals surface area contributed by atoms with Gasteiger partial charge in [0.25, 0.3) is 0 Å². The van der Waals surface area contributed by atoms with Gasteiger partial charge in [0.1, 0.15) is 12.3 Å². The number of hydrogen-bond acceptors (Lipinski definition) is 4. The molecule has 0 radical (unpaired) electrons. The number of anilines is 2. The van der Waals surface area contributed by atoms with E-state index in [1.54, 1.807) is 30.3 Å². The molecule has 1 N–H and O–H groups in total. The quantitative estimate of drug-likeness (QED) is 0.857. The molecule has 0 atom stereocenters. The molecule has 7 heteroatoms. The average Bonchev–Trinajstić information content (AvgIpc) is 2.53. The highest BCUT2D eigenvalue weighted by molar-refractivity contribution is 7.92. The van der Waals surface area contributed by atoms with Crippen LogP contribution in [-0.2, 0) is 14.8 Å². The first-order chi connectivity index (χ1) is 11.7. The van der Waals surface area contributed by atoms with E-state index in [4.69, 9.17) is 4.74 Å². The largest absolute Gasteiger partial charge is 0.495 e. The molecule has 0 fully saturated rings. The van der Waals surface area contributed by atoms with Crippen molar-refractivity contribution in [2.24, 2.45) is 0 Å². The normalized spacial score (nSPS) is 11.0. The number of benzene rings is 2. The third-order valence-corrected chi connectivity index (χ3v) is 4.82. The van der Waals surface area contributed by atoms with E-state index >= 15 is 0 Å². The molecule has 25 heavy (non-hydrogen) atoms. The van der Waals surface area contributed by atoms with Crippen molar-refractivity contribution in [3.63, 3.8) is 0 Å². The van der Waals surface area contributed by atoms with Crippen LogP contribution in [0.15, 0.2) is 42.5 Å². The van der Waals surface area contributed by atoms with Crippen LogP contribution in [0.2, 0.25) is 0 Å². The van der Waals surface area contributed by atoms with E-state index in [9.17, 15) is 13.2 Å². The summed E-state index contributed by atoms with van der Waals surface area (Å²) in [5.74, 6) is 0.0585. The van der Waals surface area contributed by atoms with E-state index in [1.807, 2.05) is 26.0 Å². The molecule has 0 aliphatic heterocycles. The molecular weight excluding hydrogens is 340 g/mol. The molecule has 0 saturated heterocycles. The number of nitrogens with zero attached hydrogens (tertiary/aromatic N) is 1. The minimum atomic E-state index is -3.62. The Labute approximate surface area is 148 Å². The Morgan fingerprint density at radius 3 is 2.44 bits per heavy atom. The molecule has 0 aromatic heterocycles. The van der Waals surface area contributed by atoms with Crippen molar-refractivity contribution >= 4 is 27.3 Å². The minimum absolute atomic E-state index is 0.319. The Morgan fingerprint density at radius 1 is 1.16 bits per heavy atom. The van der Waals surface area contributed by atoms with Crippen LogP contribution in [-0.4, -0.2) is 34.2 Å². The van der Waals surface area contributed by atoms with Gasteiger partial charge in [0.05, 0.1) is 24.7 Å². The van der Waals surface area contributed by atoms with Crippen molar-refractivity contribution in [1.29, 1.82) is 0 Å². The summed E-state index contributed by atoms with van der Waals surface area (Å²) in [6.45, 7) is 3.43. The van der Waals surface area contributed by atoms with Gasteiger partial charge in [-0.05, 0) is 37.6 Å². The van der Waals surface area contributed by atoms with Gasteiger partial charge in [-0.1, -0.05) is 29.8 Å². The Morgan fingerprint density at radius 2 is 1.84 bits per heavy atom. The van der Waals surface area contributed by atoms with Crippen LogP contribution in [0.25, 0.3) is 0 Å². The fourth-order valence-corrected chi connectivity index (χ4v) is 3.45. The third-order valence-electron chi connectivity index (χ3n) is 3.69. The van der Waals surface area contributed by atoms with Crippen molar-refractivity contribution in [1.82, 2.24) is 0 Å². The van der Waals surface area contributed by atoms with Gasteiger partial charge in [-0.2, -0.15) is 0 Å². The Balaban J connectivity index is 2.27. The van der Waals surface area contributed by atoms with Crippen molar-refractivity contribution < 1.29 is 17.9 Å². The van der Waals surface area contributed by atoms with Crippen LogP contribution in [0.4, 0.5) is 11.4 Å². The highest BCUT2D eigenvalue weighted by Gasteiger charge is 2.22. The molecule has 0 spiro atoms. The van der Waals surface area contributed by atoms with Gasteiger partial charge in [-0.3, -0.25) is 9.10 Å². The topological polar surface area (TPSA) is 75.7 Å². The highest BCUT2D eigenvalue weighted by atomic mass is 32.2. The SMILES string of the molecule is COc1ccccc1NC(=O)CN(c1ccc(C)cc1C)S(C)(=O)=O. The summed E-state index contributed by atoms with van der Waals surface area (Å²) in [5.41, 5.74) is 2.79. The number of hydrogen-bond donors (Lipinski definition) is 1. The maximum absolute atomic E-state index is 12.4. The maximum atomic E-state index is 12.4. The summed E-state index contributed by atoms with van der Waals surface area (Å²) in [6, 6.07) is 12.4. The summed E-state index contributed by atoms with van der Waals surface area (Å²) in [6.07, 6.45) is 1.09. The number of carbonyl (C=O) groups excluding carboxylic acids is 1. The average molecular weight is 362 g/mol. The molecule has 2 rings (SSSR count). The maximum Gasteiger partial charge on any atom is 0.245 e. The number of methoxy groups -OCH3 is 1. The fourth-order valence-electron chi connectivity index (χ4n) is 2.53. The van der Waals surface area contributed by atoms with Crippen LogP contribution in [0.5, 0.6) is 5.75 Å². The van der Waals surface area contributed by atoms with Gasteiger partial charge < -0.3 is 10.1 Å². The molecule has 2 aromatic rings. The van der Waals surface area contributed by atoms with Gasteiger partial charge in [0, 0.05) is 0 Å². The first-order valence-corrected chi connectivity index (χ1v) is 9.55. The van der Waals surface area contributed by atoms with Gasteiger partial charge in [-0.25, -0.2) is 8.42 Å². The molecule has 134 valence electrons. The van der Waals surface area contributed by atoms with E-state index in [0.717, 1.165) is 21.7 Å². The summed E-state index contributed by atoms with van der Waals surface area (Å²) in [7, 11) is -2.11. The molecule has 2 aromatic carbocycles. The summed E-state index contributed by atoms with van der Waals surface area (Å²) in [5, 5.41) is 2.69. The standard InChI is InChI=1S/C18H22N2O4S/c1-13-9-10-16(14(2)11-13)20(25(4,22)23)12-18(21)19-15-7-5-6-8-17(15)24-3/h5-11H,12H2,1-4H3,(H,19,21). The van der Waals surface area contributed by atoms with E-state index in [2.05, 4.69) is 5.32 Å². The van der Waals surface area contributed by atoms with Gasteiger partial charge >= 0.3 is 0 Å². The van der Waals surface area contributed by atoms with Crippen molar-refractivity contribution in [2.45, 2.75) is 13.8 Å². The number of para-hydroxylation sites is 2. The van der Waals surface area contributed by atoms with Crippen LogP contribution < -0.4 is 14.4 Å². The monoisotopic (exact) mass is 362 g/mol. The molecule has 6 nitrogen and oxygen atoms in total. The number of carbonyl (C=O) groups is 1. The predicted octanol–water partition coefficient (Wildman–Crippen LogP) is 2.72. The predicted molar refractivity (Wildman–Crippen MR) is 99.7 cm³/mol. The lowest BCUT2D eigenvalue weighted by Gasteiger charge is -2.24. The smallest absolute Gasteiger partial charge is 0.245 e. The lowest BCUT2D eigenvalue weighted by Crippen LogP contribution is -2.37. The second kappa shape index (κ2) is 7.57. The third kappa shape index (κ3) is 4.73. The second-order valence-corrected chi connectivity index (χ2v) is 7.71. The van der Waals surface area contributed by atoms with Crippen LogP contribution >= 0.6 is 0 Å². The molecule has 0 aliphatic rings. The number of amides is 1. The number of ether oxygens (including phenoxy) is 1. The van der Waals surface area contributed by atoms with E-state index < -0.39 is 15.9 Å². The molecule has 0 bridgehead atoms.